The quantitative estimate of drug-likeness (QED) is 0.851. The zero-order chi connectivity index (χ0) is 14.0. The van der Waals surface area contributed by atoms with E-state index in [4.69, 9.17) is 5.73 Å². The van der Waals surface area contributed by atoms with Crippen molar-refractivity contribution >= 4 is 11.7 Å². The van der Waals surface area contributed by atoms with E-state index < -0.39 is 0 Å². The van der Waals surface area contributed by atoms with Gasteiger partial charge in [-0.3, -0.25) is 4.79 Å². The van der Waals surface area contributed by atoms with E-state index in [-0.39, 0.29) is 11.9 Å². The summed E-state index contributed by atoms with van der Waals surface area (Å²) in [5, 5.41) is 8.15. The smallest absolute Gasteiger partial charge is 0.273 e. The molecule has 0 aromatic carbocycles. The zero-order valence-corrected chi connectivity index (χ0v) is 11.7. The SMILES string of the molecule is CC(N)C1CCN(c2ccc(C(=O)N(C)C)nn2)C1. The normalized spacial score (nSPS) is 20.4. The first kappa shape index (κ1) is 13.7. The topological polar surface area (TPSA) is 75.3 Å². The summed E-state index contributed by atoms with van der Waals surface area (Å²) in [4.78, 5) is 15.4. The number of hydrogen-bond donors (Lipinski definition) is 1. The van der Waals surface area contributed by atoms with Gasteiger partial charge in [0.1, 0.15) is 0 Å². The molecule has 2 N–H and O–H groups in total. The van der Waals surface area contributed by atoms with E-state index in [0.29, 0.717) is 11.6 Å². The molecule has 6 heteroatoms. The van der Waals surface area contributed by atoms with E-state index in [1.54, 1.807) is 20.2 Å². The van der Waals surface area contributed by atoms with Crippen molar-refractivity contribution < 1.29 is 4.79 Å². The van der Waals surface area contributed by atoms with Crippen molar-refractivity contribution in [2.45, 2.75) is 19.4 Å². The number of carbonyl (C=O) groups excluding carboxylic acids is 1. The predicted molar refractivity (Wildman–Crippen MR) is 74.0 cm³/mol. The first-order valence-electron chi connectivity index (χ1n) is 6.55. The third kappa shape index (κ3) is 3.01. The fraction of sp³-hybridized carbons (Fsp3) is 0.615. The third-order valence-electron chi connectivity index (χ3n) is 3.57. The number of aromatic nitrogens is 2. The van der Waals surface area contributed by atoms with E-state index in [2.05, 4.69) is 15.1 Å². The Hall–Kier alpha value is -1.69. The van der Waals surface area contributed by atoms with Crippen LogP contribution in [0, 0.1) is 5.92 Å². The van der Waals surface area contributed by atoms with Crippen LogP contribution in [-0.4, -0.2) is 54.2 Å². The molecule has 1 fully saturated rings. The highest BCUT2D eigenvalue weighted by Crippen LogP contribution is 2.23. The van der Waals surface area contributed by atoms with Crippen LogP contribution < -0.4 is 10.6 Å². The van der Waals surface area contributed by atoms with Gasteiger partial charge in [-0.05, 0) is 31.4 Å². The Morgan fingerprint density at radius 1 is 1.47 bits per heavy atom. The molecular weight excluding hydrogens is 242 g/mol. The van der Waals surface area contributed by atoms with E-state index in [0.717, 1.165) is 25.3 Å². The Balaban J connectivity index is 2.05. The minimum absolute atomic E-state index is 0.131. The Kier molecular flexibility index (Phi) is 3.99. The minimum atomic E-state index is -0.131. The van der Waals surface area contributed by atoms with Crippen LogP contribution in [0.2, 0.25) is 0 Å². The first-order chi connectivity index (χ1) is 8.99. The highest BCUT2D eigenvalue weighted by atomic mass is 16.2. The van der Waals surface area contributed by atoms with Crippen molar-refractivity contribution in [3.8, 4) is 0 Å². The Morgan fingerprint density at radius 2 is 2.21 bits per heavy atom. The van der Waals surface area contributed by atoms with Gasteiger partial charge in [-0.2, -0.15) is 0 Å². The van der Waals surface area contributed by atoms with Crippen molar-refractivity contribution in [1.29, 1.82) is 0 Å². The molecule has 0 bridgehead atoms. The largest absolute Gasteiger partial charge is 0.355 e. The monoisotopic (exact) mass is 263 g/mol. The number of carbonyl (C=O) groups is 1. The Morgan fingerprint density at radius 3 is 2.68 bits per heavy atom. The lowest BCUT2D eigenvalue weighted by Crippen LogP contribution is -2.30. The number of nitrogens with zero attached hydrogens (tertiary/aromatic N) is 4. The van der Waals surface area contributed by atoms with Crippen LogP contribution in [-0.2, 0) is 0 Å². The third-order valence-corrected chi connectivity index (χ3v) is 3.57. The van der Waals surface area contributed by atoms with Gasteiger partial charge < -0.3 is 15.5 Å². The maximum absolute atomic E-state index is 11.7. The van der Waals surface area contributed by atoms with Gasteiger partial charge in [-0.25, -0.2) is 0 Å². The van der Waals surface area contributed by atoms with Gasteiger partial charge in [0.2, 0.25) is 0 Å². The number of hydrogen-bond acceptors (Lipinski definition) is 5. The molecule has 1 saturated heterocycles. The molecule has 19 heavy (non-hydrogen) atoms. The molecule has 1 amide bonds. The first-order valence-corrected chi connectivity index (χ1v) is 6.55. The molecule has 6 nitrogen and oxygen atoms in total. The maximum atomic E-state index is 11.7. The highest BCUT2D eigenvalue weighted by molar-refractivity contribution is 5.91. The van der Waals surface area contributed by atoms with Crippen LogP contribution in [0.4, 0.5) is 5.82 Å². The van der Waals surface area contributed by atoms with Crippen molar-refractivity contribution in [3.05, 3.63) is 17.8 Å². The number of anilines is 1. The second kappa shape index (κ2) is 5.52. The predicted octanol–water partition coefficient (Wildman–Crippen LogP) is 0.352. The molecule has 0 aliphatic carbocycles. The standard InChI is InChI=1S/C13H21N5O/c1-9(14)10-6-7-18(8-10)12-5-4-11(15-16-12)13(19)17(2)3/h4-5,9-10H,6-8,14H2,1-3H3. The molecular formula is C13H21N5O. The van der Waals surface area contributed by atoms with Gasteiger partial charge in [-0.1, -0.05) is 0 Å². The molecule has 0 spiro atoms. The van der Waals surface area contributed by atoms with Crippen LogP contribution in [0.3, 0.4) is 0 Å². The molecule has 1 aliphatic heterocycles. The van der Waals surface area contributed by atoms with Crippen molar-refractivity contribution in [2.75, 3.05) is 32.1 Å². The summed E-state index contributed by atoms with van der Waals surface area (Å²) in [7, 11) is 3.40. The molecule has 1 aliphatic rings. The Labute approximate surface area is 113 Å². The summed E-state index contributed by atoms with van der Waals surface area (Å²) in [6, 6.07) is 3.78. The summed E-state index contributed by atoms with van der Waals surface area (Å²) in [5.41, 5.74) is 6.29. The lowest BCUT2D eigenvalue weighted by molar-refractivity contribution is 0.0821. The van der Waals surface area contributed by atoms with Gasteiger partial charge in [0, 0.05) is 33.2 Å². The average molecular weight is 263 g/mol. The van der Waals surface area contributed by atoms with Gasteiger partial charge in [0.05, 0.1) is 0 Å². The molecule has 2 unspecified atom stereocenters. The molecule has 2 rings (SSSR count). The lowest BCUT2D eigenvalue weighted by atomic mass is 10.0. The molecule has 2 heterocycles. The number of rotatable bonds is 3. The maximum Gasteiger partial charge on any atom is 0.273 e. The van der Waals surface area contributed by atoms with Crippen LogP contribution in [0.15, 0.2) is 12.1 Å². The number of nitrogens with two attached hydrogens (primary N) is 1. The summed E-state index contributed by atoms with van der Waals surface area (Å²) in [6.45, 7) is 3.90. The molecule has 104 valence electrons. The highest BCUT2D eigenvalue weighted by Gasteiger charge is 2.26. The van der Waals surface area contributed by atoms with E-state index in [1.807, 2.05) is 13.0 Å². The van der Waals surface area contributed by atoms with Gasteiger partial charge in [-0.15, -0.1) is 10.2 Å². The summed E-state index contributed by atoms with van der Waals surface area (Å²) < 4.78 is 0. The molecule has 1 aromatic heterocycles. The van der Waals surface area contributed by atoms with Crippen molar-refractivity contribution in [3.63, 3.8) is 0 Å². The molecule has 0 saturated carbocycles. The average Bonchev–Trinajstić information content (AvgIpc) is 2.87. The molecule has 2 atom stereocenters. The summed E-state index contributed by atoms with van der Waals surface area (Å²) >= 11 is 0. The van der Waals surface area contributed by atoms with Crippen LogP contribution in [0.25, 0.3) is 0 Å². The second-order valence-electron chi connectivity index (χ2n) is 5.33. The summed E-state index contributed by atoms with van der Waals surface area (Å²) in [5.74, 6) is 1.19. The molecule has 1 aromatic rings. The van der Waals surface area contributed by atoms with Crippen LogP contribution in [0.1, 0.15) is 23.8 Å². The summed E-state index contributed by atoms with van der Waals surface area (Å²) in [6.07, 6.45) is 1.08. The lowest BCUT2D eigenvalue weighted by Gasteiger charge is -2.18. The number of amides is 1. The van der Waals surface area contributed by atoms with Crippen LogP contribution >= 0.6 is 0 Å². The van der Waals surface area contributed by atoms with Gasteiger partial charge >= 0.3 is 0 Å². The van der Waals surface area contributed by atoms with E-state index >= 15 is 0 Å². The van der Waals surface area contributed by atoms with Gasteiger partial charge in [0.25, 0.3) is 5.91 Å². The fourth-order valence-electron chi connectivity index (χ4n) is 2.26. The second-order valence-corrected chi connectivity index (χ2v) is 5.33. The van der Waals surface area contributed by atoms with Gasteiger partial charge in [0.15, 0.2) is 11.5 Å². The van der Waals surface area contributed by atoms with Crippen LogP contribution in [0.5, 0.6) is 0 Å². The van der Waals surface area contributed by atoms with Crippen molar-refractivity contribution in [2.24, 2.45) is 11.7 Å². The molecule has 0 radical (unpaired) electrons. The fourth-order valence-corrected chi connectivity index (χ4v) is 2.26. The minimum Gasteiger partial charge on any atom is -0.355 e. The zero-order valence-electron chi connectivity index (χ0n) is 11.7. The van der Waals surface area contributed by atoms with E-state index in [9.17, 15) is 4.79 Å². The van der Waals surface area contributed by atoms with E-state index in [1.165, 1.54) is 4.90 Å². The Bertz CT molecular complexity index is 443. The van der Waals surface area contributed by atoms with Crippen molar-refractivity contribution in [1.82, 2.24) is 15.1 Å².